The number of carbonyl (C=O) groups is 2. The van der Waals surface area contributed by atoms with E-state index in [9.17, 15) is 18.0 Å². The van der Waals surface area contributed by atoms with Gasteiger partial charge >= 0.3 is 0 Å². The van der Waals surface area contributed by atoms with Gasteiger partial charge in [0.15, 0.2) is 5.78 Å². The van der Waals surface area contributed by atoms with E-state index in [1.165, 1.54) is 25.1 Å². The van der Waals surface area contributed by atoms with Crippen LogP contribution in [0.4, 0.5) is 5.69 Å². The third-order valence-corrected chi connectivity index (χ3v) is 2.95. The fraction of sp³-hybridized carbons (Fsp3) is 0.273. The maximum absolute atomic E-state index is 11.2. The van der Waals surface area contributed by atoms with Crippen molar-refractivity contribution >= 4 is 27.4 Å². The summed E-state index contributed by atoms with van der Waals surface area (Å²) in [6.07, 6.45) is -0.153. The van der Waals surface area contributed by atoms with Gasteiger partial charge in [0.1, 0.15) is 5.78 Å². The van der Waals surface area contributed by atoms with Crippen LogP contribution in [0.1, 0.15) is 13.3 Å². The van der Waals surface area contributed by atoms with Crippen LogP contribution in [0, 0.1) is 0 Å². The second-order valence-electron chi connectivity index (χ2n) is 3.90. The van der Waals surface area contributed by atoms with Gasteiger partial charge in [-0.3, -0.25) is 14.1 Å². The van der Waals surface area contributed by atoms with Crippen molar-refractivity contribution in [3.8, 4) is 0 Å². The zero-order chi connectivity index (χ0) is 14.5. The summed E-state index contributed by atoms with van der Waals surface area (Å²) < 4.78 is 30.7. The first kappa shape index (κ1) is 15.3. The molecule has 1 aromatic rings. The van der Waals surface area contributed by atoms with E-state index in [2.05, 4.69) is 10.9 Å². The van der Waals surface area contributed by atoms with Gasteiger partial charge in [-0.25, -0.2) is 5.43 Å². The molecule has 8 heteroatoms. The van der Waals surface area contributed by atoms with Crippen molar-refractivity contribution < 1.29 is 22.6 Å². The fourth-order valence-corrected chi connectivity index (χ4v) is 1.85. The number of hydrogen-bond donors (Lipinski definition) is 3. The third-order valence-electron chi connectivity index (χ3n) is 2.10. The molecule has 0 spiro atoms. The van der Waals surface area contributed by atoms with Gasteiger partial charge in [-0.15, -0.1) is 0 Å². The molecule has 0 heterocycles. The van der Waals surface area contributed by atoms with E-state index in [1.807, 2.05) is 0 Å². The molecule has 0 radical (unpaired) electrons. The number of hydrogen-bond acceptors (Lipinski definition) is 6. The molecule has 0 aliphatic rings. The van der Waals surface area contributed by atoms with Gasteiger partial charge in [0.05, 0.1) is 23.5 Å². The molecule has 3 N–H and O–H groups in total. The van der Waals surface area contributed by atoms with Crippen molar-refractivity contribution in [3.05, 3.63) is 24.3 Å². The highest BCUT2D eigenvalue weighted by Crippen LogP contribution is 2.14. The van der Waals surface area contributed by atoms with Crippen LogP contribution in [0.25, 0.3) is 0 Å². The molecule has 0 aromatic heterocycles. The van der Waals surface area contributed by atoms with Gasteiger partial charge in [0.2, 0.25) is 0 Å². The maximum Gasteiger partial charge on any atom is 0.294 e. The molecule has 0 bridgehead atoms. The number of anilines is 1. The summed E-state index contributed by atoms with van der Waals surface area (Å²) in [5, 5.41) is 0. The highest BCUT2D eigenvalue weighted by atomic mass is 32.2. The highest BCUT2D eigenvalue weighted by Gasteiger charge is 2.09. The lowest BCUT2D eigenvalue weighted by Crippen LogP contribution is -2.29. The summed E-state index contributed by atoms with van der Waals surface area (Å²) in [7, 11) is -4.26. The van der Waals surface area contributed by atoms with Gasteiger partial charge in [-0.05, 0) is 25.1 Å². The van der Waals surface area contributed by atoms with E-state index in [4.69, 9.17) is 4.55 Å². The highest BCUT2D eigenvalue weighted by molar-refractivity contribution is 7.85. The standard InChI is InChI=1S/C11H14N2O5S/c1-8(14)5-10(15)7-12-13-9-3-2-4-11(6-9)19(16,17)18/h2-4,6,12-13H,5,7H2,1H3,(H,16,17,18). The molecular formula is C11H14N2O5S. The van der Waals surface area contributed by atoms with Crippen molar-refractivity contribution in [2.75, 3.05) is 12.0 Å². The van der Waals surface area contributed by atoms with E-state index in [0.717, 1.165) is 0 Å². The van der Waals surface area contributed by atoms with Crippen molar-refractivity contribution in [2.24, 2.45) is 0 Å². The van der Waals surface area contributed by atoms with Crippen LogP contribution in [0.15, 0.2) is 29.2 Å². The van der Waals surface area contributed by atoms with Gasteiger partial charge in [0.25, 0.3) is 10.1 Å². The van der Waals surface area contributed by atoms with Crippen LogP contribution in [0.3, 0.4) is 0 Å². The first-order valence-electron chi connectivity index (χ1n) is 5.36. The Bertz CT molecular complexity index is 583. The molecule has 0 saturated heterocycles. The Kier molecular flexibility index (Phi) is 5.16. The predicted molar refractivity (Wildman–Crippen MR) is 68.2 cm³/mol. The Morgan fingerprint density at radius 2 is 2.00 bits per heavy atom. The Hall–Kier alpha value is -1.77. The summed E-state index contributed by atoms with van der Waals surface area (Å²) >= 11 is 0. The molecule has 19 heavy (non-hydrogen) atoms. The Labute approximate surface area is 110 Å². The molecule has 104 valence electrons. The SMILES string of the molecule is CC(=O)CC(=O)CNNc1cccc(S(=O)(=O)O)c1. The number of carbonyl (C=O) groups excluding carboxylic acids is 2. The van der Waals surface area contributed by atoms with E-state index < -0.39 is 10.1 Å². The number of hydrazine groups is 1. The number of rotatable bonds is 7. The average Bonchev–Trinajstić information content (AvgIpc) is 2.27. The van der Waals surface area contributed by atoms with Gasteiger partial charge in [0, 0.05) is 0 Å². The summed E-state index contributed by atoms with van der Waals surface area (Å²) in [5.74, 6) is -0.508. The Morgan fingerprint density at radius 3 is 2.58 bits per heavy atom. The molecule has 0 aliphatic carbocycles. The molecular weight excluding hydrogens is 272 g/mol. The van der Waals surface area contributed by atoms with Crippen LogP contribution in [0.5, 0.6) is 0 Å². The lowest BCUT2D eigenvalue weighted by molar-refractivity contribution is -0.125. The zero-order valence-corrected chi connectivity index (χ0v) is 11.0. The second kappa shape index (κ2) is 6.41. The average molecular weight is 286 g/mol. The van der Waals surface area contributed by atoms with Crippen molar-refractivity contribution in [2.45, 2.75) is 18.2 Å². The monoisotopic (exact) mass is 286 g/mol. The second-order valence-corrected chi connectivity index (χ2v) is 5.32. The molecule has 1 rings (SSSR count). The van der Waals surface area contributed by atoms with Gasteiger partial charge in [-0.2, -0.15) is 8.42 Å². The first-order chi connectivity index (χ1) is 8.79. The fourth-order valence-electron chi connectivity index (χ4n) is 1.32. The van der Waals surface area contributed by atoms with Crippen LogP contribution in [-0.4, -0.2) is 31.1 Å². The lowest BCUT2D eigenvalue weighted by Gasteiger charge is -2.08. The van der Waals surface area contributed by atoms with Gasteiger partial charge in [-0.1, -0.05) is 6.07 Å². The van der Waals surface area contributed by atoms with E-state index >= 15 is 0 Å². The van der Waals surface area contributed by atoms with Crippen molar-refractivity contribution in [3.63, 3.8) is 0 Å². The molecule has 0 unspecified atom stereocenters. The molecule has 0 aliphatic heterocycles. The number of benzene rings is 1. The lowest BCUT2D eigenvalue weighted by atomic mass is 10.2. The Morgan fingerprint density at radius 1 is 1.32 bits per heavy atom. The summed E-state index contributed by atoms with van der Waals surface area (Å²) in [6, 6.07) is 5.43. The largest absolute Gasteiger partial charge is 0.321 e. The van der Waals surface area contributed by atoms with Gasteiger partial charge < -0.3 is 5.43 Å². The topological polar surface area (TPSA) is 113 Å². The smallest absolute Gasteiger partial charge is 0.294 e. The molecule has 7 nitrogen and oxygen atoms in total. The Balaban J connectivity index is 2.55. The number of Topliss-reactive ketones (excluding diaryl/α,β-unsaturated/α-hetero) is 2. The van der Waals surface area contributed by atoms with Crippen LogP contribution in [0.2, 0.25) is 0 Å². The van der Waals surface area contributed by atoms with Crippen molar-refractivity contribution in [1.29, 1.82) is 0 Å². The zero-order valence-electron chi connectivity index (χ0n) is 10.2. The molecule has 1 aromatic carbocycles. The molecule has 0 atom stereocenters. The van der Waals surface area contributed by atoms with Crippen LogP contribution in [-0.2, 0) is 19.7 Å². The van der Waals surface area contributed by atoms with Crippen LogP contribution >= 0.6 is 0 Å². The predicted octanol–water partition coefficient (Wildman–Crippen LogP) is 0.398. The number of ketones is 2. The first-order valence-corrected chi connectivity index (χ1v) is 6.80. The summed E-state index contributed by atoms with van der Waals surface area (Å²) in [5.41, 5.74) is 5.53. The minimum absolute atomic E-state index is 0.0737. The van der Waals surface area contributed by atoms with Crippen LogP contribution < -0.4 is 10.9 Å². The van der Waals surface area contributed by atoms with E-state index in [1.54, 1.807) is 6.07 Å². The minimum atomic E-state index is -4.26. The maximum atomic E-state index is 11.2. The molecule has 0 fully saturated rings. The van der Waals surface area contributed by atoms with Crippen molar-refractivity contribution in [1.82, 2.24) is 5.43 Å². The normalized spacial score (nSPS) is 11.1. The number of nitrogens with one attached hydrogen (secondary N) is 2. The minimum Gasteiger partial charge on any atom is -0.321 e. The summed E-state index contributed by atoms with van der Waals surface area (Å²) in [4.78, 5) is 21.6. The third kappa shape index (κ3) is 5.60. The van der Waals surface area contributed by atoms with E-state index in [0.29, 0.717) is 5.69 Å². The molecule has 0 saturated carbocycles. The summed E-state index contributed by atoms with van der Waals surface area (Å²) in [6.45, 7) is 1.25. The van der Waals surface area contributed by atoms with E-state index in [-0.39, 0.29) is 29.4 Å². The quantitative estimate of drug-likeness (QED) is 0.378. The molecule has 0 amide bonds.